The Kier molecular flexibility index (Phi) is 6.67. The normalized spacial score (nSPS) is 10.7. The first-order valence-electron chi connectivity index (χ1n) is 9.05. The maximum atomic E-state index is 12.4. The lowest BCUT2D eigenvalue weighted by Crippen LogP contribution is -2.32. The number of aromatic nitrogens is 1. The van der Waals surface area contributed by atoms with Gasteiger partial charge in [-0.1, -0.05) is 53.6 Å². The van der Waals surface area contributed by atoms with E-state index >= 15 is 0 Å². The molecule has 0 unspecified atom stereocenters. The number of nitrogens with zero attached hydrogens (tertiary/aromatic N) is 1. The molecule has 142 valence electrons. The van der Waals surface area contributed by atoms with Crippen LogP contribution in [0.15, 0.2) is 65.8 Å². The van der Waals surface area contributed by atoms with Crippen molar-refractivity contribution in [2.75, 3.05) is 0 Å². The van der Waals surface area contributed by atoms with Crippen molar-refractivity contribution in [2.45, 2.75) is 31.0 Å². The molecule has 0 saturated heterocycles. The van der Waals surface area contributed by atoms with Gasteiger partial charge < -0.3 is 10.0 Å². The van der Waals surface area contributed by atoms with Gasteiger partial charge in [0.25, 0.3) is 0 Å². The zero-order valence-corrected chi connectivity index (χ0v) is 16.7. The molecule has 4 nitrogen and oxygen atoms in total. The largest absolute Gasteiger partial charge is 0.488 e. The molecular weight excluding hydrogens is 369 g/mol. The summed E-state index contributed by atoms with van der Waals surface area (Å²) in [6.45, 7) is 3.99. The van der Waals surface area contributed by atoms with Crippen LogP contribution >= 0.6 is 11.8 Å². The molecule has 3 aromatic rings. The summed E-state index contributed by atoms with van der Waals surface area (Å²) in [4.78, 5) is 16.8. The quantitative estimate of drug-likeness (QED) is 0.368. The van der Waals surface area contributed by atoms with E-state index in [2.05, 4.69) is 4.98 Å². The number of rotatable bonds is 7. The lowest BCUT2D eigenvalue weighted by Gasteiger charge is -2.10. The third-order valence-corrected chi connectivity index (χ3v) is 5.49. The van der Waals surface area contributed by atoms with E-state index in [9.17, 15) is 14.8 Å². The van der Waals surface area contributed by atoms with Crippen molar-refractivity contribution in [1.82, 2.24) is 4.98 Å². The molecule has 0 aliphatic rings. The second kappa shape index (κ2) is 9.19. The molecule has 0 saturated carbocycles. The van der Waals surface area contributed by atoms with Gasteiger partial charge in [0.05, 0.1) is 5.03 Å². The van der Waals surface area contributed by atoms with Crippen LogP contribution in [0.5, 0.6) is 0 Å². The van der Waals surface area contributed by atoms with E-state index in [1.807, 2.05) is 56.3 Å². The highest BCUT2D eigenvalue weighted by atomic mass is 32.2. The van der Waals surface area contributed by atoms with Gasteiger partial charge in [0.2, 0.25) is 0 Å². The van der Waals surface area contributed by atoms with Crippen molar-refractivity contribution in [1.29, 1.82) is 0 Å². The molecule has 3 rings (SSSR count). The van der Waals surface area contributed by atoms with E-state index in [1.54, 1.807) is 18.3 Å². The summed E-state index contributed by atoms with van der Waals surface area (Å²) in [5.74, 6) is 0.607. The summed E-state index contributed by atoms with van der Waals surface area (Å²) in [6.07, 6.45) is 1.96. The average Bonchev–Trinajstić information content (AvgIpc) is 2.68. The third kappa shape index (κ3) is 5.32. The van der Waals surface area contributed by atoms with Crippen LogP contribution in [0, 0.1) is 13.8 Å². The van der Waals surface area contributed by atoms with E-state index in [-0.39, 0.29) is 5.78 Å². The van der Waals surface area contributed by atoms with Crippen molar-refractivity contribution in [3.05, 3.63) is 88.6 Å². The zero-order chi connectivity index (χ0) is 20.1. The molecule has 0 bridgehead atoms. The van der Waals surface area contributed by atoms with Crippen molar-refractivity contribution in [2.24, 2.45) is 0 Å². The predicted octanol–water partition coefficient (Wildman–Crippen LogP) is 3.10. The Balaban J connectivity index is 1.64. The molecule has 1 heterocycles. The van der Waals surface area contributed by atoms with Crippen LogP contribution < -0.4 is 5.46 Å². The number of hydrogen-bond donors (Lipinski definition) is 2. The van der Waals surface area contributed by atoms with Gasteiger partial charge in [-0.25, -0.2) is 4.98 Å². The fraction of sp³-hybridized carbons (Fsp3) is 0.182. The van der Waals surface area contributed by atoms with Gasteiger partial charge in [0.15, 0.2) is 5.78 Å². The highest BCUT2D eigenvalue weighted by molar-refractivity contribution is 7.98. The van der Waals surface area contributed by atoms with Crippen molar-refractivity contribution in [3.63, 3.8) is 0 Å². The van der Waals surface area contributed by atoms with Crippen LogP contribution in [0.3, 0.4) is 0 Å². The molecule has 0 atom stereocenters. The molecule has 0 aliphatic heterocycles. The number of thioether (sulfide) groups is 1. The van der Waals surface area contributed by atoms with Crippen molar-refractivity contribution < 1.29 is 14.8 Å². The van der Waals surface area contributed by atoms with Crippen LogP contribution in [0.1, 0.15) is 32.6 Å². The average molecular weight is 391 g/mol. The summed E-state index contributed by atoms with van der Waals surface area (Å²) in [7, 11) is -1.49. The van der Waals surface area contributed by atoms with E-state index < -0.39 is 7.12 Å². The minimum atomic E-state index is -1.49. The fourth-order valence-corrected chi connectivity index (χ4v) is 3.73. The SMILES string of the molecule is Cc1ccc(CC(=O)c2ccc(SCc3cc(C)ccc3B(O)O)nc2)cc1. The number of benzene rings is 2. The van der Waals surface area contributed by atoms with Crippen LogP contribution in [-0.4, -0.2) is 27.9 Å². The number of carbonyl (C=O) groups excluding carboxylic acids is 1. The van der Waals surface area contributed by atoms with Gasteiger partial charge in [0, 0.05) is 23.9 Å². The van der Waals surface area contributed by atoms with Gasteiger partial charge >= 0.3 is 7.12 Å². The summed E-state index contributed by atoms with van der Waals surface area (Å²) in [5.41, 5.74) is 5.18. The summed E-state index contributed by atoms with van der Waals surface area (Å²) < 4.78 is 0. The second-order valence-corrected chi connectivity index (χ2v) is 7.83. The number of Topliss-reactive ketones (excluding diaryl/α,β-unsaturated/α-hetero) is 1. The second-order valence-electron chi connectivity index (χ2n) is 6.84. The minimum absolute atomic E-state index is 0.0391. The maximum absolute atomic E-state index is 12.4. The third-order valence-electron chi connectivity index (χ3n) is 4.50. The van der Waals surface area contributed by atoms with E-state index in [0.717, 1.165) is 21.7 Å². The first kappa shape index (κ1) is 20.3. The molecule has 2 aromatic carbocycles. The number of carbonyl (C=O) groups is 1. The number of pyridine rings is 1. The highest BCUT2D eigenvalue weighted by Crippen LogP contribution is 2.21. The molecular formula is C22H22BNO3S. The molecule has 0 spiro atoms. The Morgan fingerprint density at radius 3 is 2.36 bits per heavy atom. The molecule has 0 fully saturated rings. The summed E-state index contributed by atoms with van der Waals surface area (Å²) in [5, 5.41) is 19.8. The zero-order valence-electron chi connectivity index (χ0n) is 15.9. The van der Waals surface area contributed by atoms with Crippen LogP contribution in [0.4, 0.5) is 0 Å². The first-order valence-corrected chi connectivity index (χ1v) is 10.0. The van der Waals surface area contributed by atoms with Crippen molar-refractivity contribution >= 4 is 30.1 Å². The Bertz CT molecular complexity index is 957. The van der Waals surface area contributed by atoms with E-state index in [1.165, 1.54) is 17.3 Å². The van der Waals surface area contributed by atoms with Gasteiger partial charge in [-0.2, -0.15) is 0 Å². The number of aryl methyl sites for hydroxylation is 2. The Morgan fingerprint density at radius 2 is 1.71 bits per heavy atom. The lowest BCUT2D eigenvalue weighted by atomic mass is 9.77. The minimum Gasteiger partial charge on any atom is -0.423 e. The molecule has 0 aliphatic carbocycles. The summed E-state index contributed by atoms with van der Waals surface area (Å²) in [6, 6.07) is 17.1. The monoisotopic (exact) mass is 391 g/mol. The van der Waals surface area contributed by atoms with Gasteiger partial charge in [-0.05, 0) is 42.6 Å². The molecule has 0 radical (unpaired) electrons. The lowest BCUT2D eigenvalue weighted by molar-refractivity contribution is 0.0992. The molecule has 0 amide bonds. The Morgan fingerprint density at radius 1 is 1.00 bits per heavy atom. The van der Waals surface area contributed by atoms with Crippen molar-refractivity contribution in [3.8, 4) is 0 Å². The fourth-order valence-electron chi connectivity index (χ4n) is 2.89. The maximum Gasteiger partial charge on any atom is 0.488 e. The van der Waals surface area contributed by atoms with Crippen LogP contribution in [0.2, 0.25) is 0 Å². The molecule has 2 N–H and O–H groups in total. The molecule has 6 heteroatoms. The smallest absolute Gasteiger partial charge is 0.423 e. The first-order chi connectivity index (χ1) is 13.4. The van der Waals surface area contributed by atoms with Gasteiger partial charge in [-0.15, -0.1) is 11.8 Å². The number of ketones is 1. The van der Waals surface area contributed by atoms with Crippen LogP contribution in [-0.2, 0) is 12.2 Å². The van der Waals surface area contributed by atoms with Gasteiger partial charge in [0.1, 0.15) is 0 Å². The van der Waals surface area contributed by atoms with E-state index in [4.69, 9.17) is 0 Å². The topological polar surface area (TPSA) is 70.4 Å². The molecule has 1 aromatic heterocycles. The number of hydrogen-bond acceptors (Lipinski definition) is 5. The standard InChI is InChI=1S/C22H22BNO3S/c1-15-3-6-17(7-4-15)12-21(25)18-8-10-22(24-13-18)28-14-19-11-16(2)5-9-20(19)23(26)27/h3-11,13,26-27H,12,14H2,1-2H3. The Labute approximate surface area is 169 Å². The van der Waals surface area contributed by atoms with Gasteiger partial charge in [-0.3, -0.25) is 4.79 Å². The Hall–Kier alpha value is -2.41. The predicted molar refractivity (Wildman–Crippen MR) is 114 cm³/mol. The summed E-state index contributed by atoms with van der Waals surface area (Å²) >= 11 is 1.50. The van der Waals surface area contributed by atoms with Crippen LogP contribution in [0.25, 0.3) is 0 Å². The molecule has 28 heavy (non-hydrogen) atoms. The van der Waals surface area contributed by atoms with E-state index in [0.29, 0.717) is 23.2 Å². The highest BCUT2D eigenvalue weighted by Gasteiger charge is 2.16.